The van der Waals surface area contributed by atoms with E-state index in [1.54, 1.807) is 0 Å². The molecule has 0 unspecified atom stereocenters. The zero-order valence-corrected chi connectivity index (χ0v) is 9.22. The van der Waals surface area contributed by atoms with Crippen LogP contribution in [0.2, 0.25) is 0 Å². The highest BCUT2D eigenvalue weighted by molar-refractivity contribution is 7.86. The number of benzene rings is 1. The van der Waals surface area contributed by atoms with Crippen molar-refractivity contribution < 1.29 is 17.0 Å². The second-order valence-electron chi connectivity index (χ2n) is 2.85. The average molecular weight is 246 g/mol. The van der Waals surface area contributed by atoms with Crippen molar-refractivity contribution in [2.45, 2.75) is 0 Å². The lowest BCUT2D eigenvalue weighted by atomic mass is 10.3. The molecule has 0 fully saturated rings. The Morgan fingerprint density at radius 3 is 2.80 bits per heavy atom. The Bertz CT molecular complexity index is 649. The molecule has 7 heteroatoms. The summed E-state index contributed by atoms with van der Waals surface area (Å²) < 4.78 is 31.7. The van der Waals surface area contributed by atoms with Gasteiger partial charge < -0.3 is 8.60 Å². The van der Waals surface area contributed by atoms with E-state index in [2.05, 4.69) is 4.18 Å². The molecule has 80 valence electrons. The molecular formula is C8H6O5S2. The standard InChI is InChI=1S/C8H6O5S2/c1-15(10,11)13-5-2-3-6-7(4-5)14-8(9)12-6/h2-4H,1H3. The van der Waals surface area contributed by atoms with E-state index in [-0.39, 0.29) is 5.75 Å². The predicted molar refractivity (Wildman–Crippen MR) is 55.8 cm³/mol. The molecule has 1 heterocycles. The van der Waals surface area contributed by atoms with Crippen molar-refractivity contribution >= 4 is 31.7 Å². The minimum Gasteiger partial charge on any atom is -0.414 e. The highest BCUT2D eigenvalue weighted by Gasteiger charge is 2.07. The molecule has 0 radical (unpaired) electrons. The van der Waals surface area contributed by atoms with Crippen molar-refractivity contribution in [2.75, 3.05) is 6.26 Å². The van der Waals surface area contributed by atoms with Gasteiger partial charge in [-0.15, -0.1) is 0 Å². The maximum absolute atomic E-state index is 10.9. The van der Waals surface area contributed by atoms with Crippen molar-refractivity contribution in [3.05, 3.63) is 27.9 Å². The predicted octanol–water partition coefficient (Wildman–Crippen LogP) is 1.19. The summed E-state index contributed by atoms with van der Waals surface area (Å²) in [4.78, 5) is 10.4. The second kappa shape index (κ2) is 3.35. The van der Waals surface area contributed by atoms with Crippen molar-refractivity contribution in [3.63, 3.8) is 0 Å². The third-order valence-electron chi connectivity index (χ3n) is 1.55. The van der Waals surface area contributed by atoms with Crippen LogP contribution in [0, 0.1) is 0 Å². The molecule has 15 heavy (non-hydrogen) atoms. The van der Waals surface area contributed by atoms with Gasteiger partial charge in [-0.1, -0.05) is 11.3 Å². The van der Waals surface area contributed by atoms with Crippen LogP contribution in [0.3, 0.4) is 0 Å². The van der Waals surface area contributed by atoms with Gasteiger partial charge in [0.25, 0.3) is 0 Å². The Morgan fingerprint density at radius 2 is 2.13 bits per heavy atom. The normalized spacial score (nSPS) is 11.8. The van der Waals surface area contributed by atoms with E-state index in [1.807, 2.05) is 0 Å². The molecule has 0 saturated carbocycles. The summed E-state index contributed by atoms with van der Waals surface area (Å²) in [7, 11) is -3.54. The monoisotopic (exact) mass is 246 g/mol. The first-order valence-corrected chi connectivity index (χ1v) is 6.50. The molecule has 2 aromatic rings. The Morgan fingerprint density at radius 1 is 1.40 bits per heavy atom. The van der Waals surface area contributed by atoms with Crippen molar-refractivity contribution in [3.8, 4) is 5.75 Å². The quantitative estimate of drug-likeness (QED) is 0.744. The van der Waals surface area contributed by atoms with Crippen LogP contribution in [0.5, 0.6) is 5.75 Å². The van der Waals surface area contributed by atoms with Gasteiger partial charge in [0.2, 0.25) is 0 Å². The molecule has 5 nitrogen and oxygen atoms in total. The summed E-state index contributed by atoms with van der Waals surface area (Å²) in [5.41, 5.74) is 0.422. The molecule has 0 aliphatic rings. The summed E-state index contributed by atoms with van der Waals surface area (Å²) in [5.74, 6) is 0.169. The molecule has 0 N–H and O–H groups in total. The van der Waals surface area contributed by atoms with Crippen LogP contribution in [0.25, 0.3) is 10.3 Å². The van der Waals surface area contributed by atoms with Gasteiger partial charge >= 0.3 is 15.1 Å². The molecule has 1 aromatic carbocycles. The molecule has 0 saturated heterocycles. The molecule has 0 aliphatic heterocycles. The molecule has 0 amide bonds. The molecular weight excluding hydrogens is 240 g/mol. The summed E-state index contributed by atoms with van der Waals surface area (Å²) >= 11 is 0.895. The van der Waals surface area contributed by atoms with Crippen molar-refractivity contribution in [1.82, 2.24) is 0 Å². The molecule has 0 bridgehead atoms. The highest BCUT2D eigenvalue weighted by atomic mass is 32.2. The fraction of sp³-hybridized carbons (Fsp3) is 0.125. The first-order chi connectivity index (χ1) is 6.94. The van der Waals surface area contributed by atoms with E-state index in [4.69, 9.17) is 4.42 Å². The Balaban J connectivity index is 2.51. The van der Waals surface area contributed by atoms with E-state index < -0.39 is 15.1 Å². The Kier molecular flexibility index (Phi) is 2.28. The van der Waals surface area contributed by atoms with Crippen LogP contribution in [-0.2, 0) is 10.1 Å². The maximum atomic E-state index is 10.9. The lowest BCUT2D eigenvalue weighted by Gasteiger charge is -2.00. The zero-order valence-electron chi connectivity index (χ0n) is 7.59. The summed E-state index contributed by atoms with van der Waals surface area (Å²) in [6, 6.07) is 4.37. The molecule has 1 aromatic heterocycles. The minimum absolute atomic E-state index is 0.169. The van der Waals surface area contributed by atoms with Gasteiger partial charge in [0.05, 0.1) is 11.0 Å². The minimum atomic E-state index is -3.54. The number of hydrogen-bond acceptors (Lipinski definition) is 6. The first kappa shape index (κ1) is 10.2. The van der Waals surface area contributed by atoms with Gasteiger partial charge in [-0.05, 0) is 12.1 Å². The van der Waals surface area contributed by atoms with Crippen LogP contribution in [0.4, 0.5) is 0 Å². The number of rotatable bonds is 2. The molecule has 0 spiro atoms. The van der Waals surface area contributed by atoms with Crippen LogP contribution in [0.1, 0.15) is 0 Å². The Hall–Kier alpha value is -1.34. The van der Waals surface area contributed by atoms with Crippen LogP contribution in [-0.4, -0.2) is 14.7 Å². The topological polar surface area (TPSA) is 73.6 Å². The number of hydrogen-bond donors (Lipinski definition) is 0. The summed E-state index contributed by atoms with van der Waals surface area (Å²) in [6.07, 6.45) is 0.953. The average Bonchev–Trinajstić information content (AvgIpc) is 2.40. The number of fused-ring (bicyclic) bond motifs is 1. The highest BCUT2D eigenvalue weighted by Crippen LogP contribution is 2.23. The van der Waals surface area contributed by atoms with Crippen LogP contribution >= 0.6 is 11.3 Å². The van der Waals surface area contributed by atoms with E-state index in [1.165, 1.54) is 18.2 Å². The third kappa shape index (κ3) is 2.37. The lowest BCUT2D eigenvalue weighted by molar-refractivity contribution is 0.493. The van der Waals surface area contributed by atoms with E-state index in [9.17, 15) is 13.2 Å². The summed E-state index contributed by atoms with van der Waals surface area (Å²) in [6.45, 7) is 0. The SMILES string of the molecule is CS(=O)(=O)Oc1ccc2oc(=O)sc2c1. The van der Waals surface area contributed by atoms with Gasteiger partial charge in [-0.25, -0.2) is 4.79 Å². The van der Waals surface area contributed by atoms with Crippen LogP contribution in [0.15, 0.2) is 27.4 Å². The Labute approximate surface area is 89.0 Å². The molecule has 0 aliphatic carbocycles. The van der Waals surface area contributed by atoms with E-state index in [0.717, 1.165) is 17.6 Å². The van der Waals surface area contributed by atoms with E-state index >= 15 is 0 Å². The van der Waals surface area contributed by atoms with Crippen molar-refractivity contribution in [1.29, 1.82) is 0 Å². The van der Waals surface area contributed by atoms with Crippen molar-refractivity contribution in [2.24, 2.45) is 0 Å². The lowest BCUT2D eigenvalue weighted by Crippen LogP contribution is -2.05. The fourth-order valence-electron chi connectivity index (χ4n) is 1.08. The van der Waals surface area contributed by atoms with E-state index in [0.29, 0.717) is 10.3 Å². The molecule has 2 rings (SSSR count). The third-order valence-corrected chi connectivity index (χ3v) is 2.83. The van der Waals surface area contributed by atoms with Crippen LogP contribution < -0.4 is 9.12 Å². The largest absolute Gasteiger partial charge is 0.414 e. The summed E-state index contributed by atoms with van der Waals surface area (Å²) in [5, 5.41) is 0. The van der Waals surface area contributed by atoms with Gasteiger partial charge in [0, 0.05) is 6.07 Å². The van der Waals surface area contributed by atoms with Gasteiger partial charge in [-0.2, -0.15) is 8.42 Å². The smallest absolute Gasteiger partial charge is 0.396 e. The van der Waals surface area contributed by atoms with Gasteiger partial charge in [-0.3, -0.25) is 0 Å². The first-order valence-electron chi connectivity index (χ1n) is 3.87. The zero-order chi connectivity index (χ0) is 11.1. The molecule has 0 atom stereocenters. The van der Waals surface area contributed by atoms with Gasteiger partial charge in [0.1, 0.15) is 11.3 Å². The fourth-order valence-corrected chi connectivity index (χ4v) is 2.23. The van der Waals surface area contributed by atoms with Gasteiger partial charge in [0.15, 0.2) is 0 Å². The maximum Gasteiger partial charge on any atom is 0.396 e. The second-order valence-corrected chi connectivity index (χ2v) is 5.40.